The maximum atomic E-state index is 13.3. The number of hydrogen-bond acceptors (Lipinski definition) is 4. The molecule has 0 bridgehead atoms. The van der Waals surface area contributed by atoms with Crippen molar-refractivity contribution in [2.45, 2.75) is 12.7 Å². The summed E-state index contributed by atoms with van der Waals surface area (Å²) in [5, 5.41) is 2.17. The summed E-state index contributed by atoms with van der Waals surface area (Å²) in [4.78, 5) is 22.2. The zero-order chi connectivity index (χ0) is 15.5. The minimum absolute atomic E-state index is 0.205. The van der Waals surface area contributed by atoms with Crippen molar-refractivity contribution in [3.8, 4) is 5.75 Å². The summed E-state index contributed by atoms with van der Waals surface area (Å²) in [6.07, 6.45) is -5.24. The smallest absolute Gasteiger partial charge is 0.419 e. The van der Waals surface area contributed by atoms with E-state index in [4.69, 9.17) is 5.73 Å². The fourth-order valence-corrected chi connectivity index (χ4v) is 1.41. The van der Waals surface area contributed by atoms with Crippen LogP contribution in [-0.2, 0) is 11.3 Å². The molecule has 0 saturated carbocycles. The van der Waals surface area contributed by atoms with E-state index in [1.54, 1.807) is 0 Å². The van der Waals surface area contributed by atoms with Crippen molar-refractivity contribution >= 4 is 11.9 Å². The summed E-state index contributed by atoms with van der Waals surface area (Å²) >= 11 is 0. The average Bonchev–Trinajstić information content (AvgIpc) is 2.36. The predicted octanol–water partition coefficient (Wildman–Crippen LogP) is 1.11. The molecule has 0 atom stereocenters. The van der Waals surface area contributed by atoms with E-state index in [9.17, 15) is 27.2 Å². The second-order valence-corrected chi connectivity index (χ2v) is 3.60. The van der Waals surface area contributed by atoms with E-state index < -0.39 is 36.2 Å². The Morgan fingerprint density at radius 3 is 2.40 bits per heavy atom. The normalized spacial score (nSPS) is 11.1. The standard InChI is InChI=1S/C11H10F4N2O3/c1-17-9(18)6-2-5(12)3-8(7(6)4-16)20-10(19)11(13,14)15/h2-3H,4,16H2,1H3,(H,17,18). The first kappa shape index (κ1) is 15.9. The van der Waals surface area contributed by atoms with E-state index in [0.717, 1.165) is 6.07 Å². The van der Waals surface area contributed by atoms with Crippen LogP contribution in [0.4, 0.5) is 17.6 Å². The Balaban J connectivity index is 3.29. The van der Waals surface area contributed by atoms with Crippen LogP contribution in [0, 0.1) is 5.82 Å². The monoisotopic (exact) mass is 294 g/mol. The van der Waals surface area contributed by atoms with Crippen molar-refractivity contribution in [2.75, 3.05) is 7.05 Å². The first-order valence-corrected chi connectivity index (χ1v) is 5.24. The van der Waals surface area contributed by atoms with Crippen LogP contribution in [0.3, 0.4) is 0 Å². The third-order valence-electron chi connectivity index (χ3n) is 2.28. The summed E-state index contributed by atoms with van der Waals surface area (Å²) in [5.41, 5.74) is 4.79. The molecule has 0 radical (unpaired) electrons. The lowest BCUT2D eigenvalue weighted by Crippen LogP contribution is -2.29. The molecular formula is C11H10F4N2O3. The molecule has 0 aliphatic carbocycles. The van der Waals surface area contributed by atoms with Crippen LogP contribution in [-0.4, -0.2) is 25.1 Å². The zero-order valence-corrected chi connectivity index (χ0v) is 10.2. The van der Waals surface area contributed by atoms with Crippen molar-refractivity contribution in [3.63, 3.8) is 0 Å². The molecule has 0 heterocycles. The molecule has 0 fully saturated rings. The molecule has 9 heteroatoms. The van der Waals surface area contributed by atoms with Gasteiger partial charge in [0.25, 0.3) is 5.91 Å². The van der Waals surface area contributed by atoms with Crippen LogP contribution in [0.2, 0.25) is 0 Å². The number of alkyl halides is 3. The van der Waals surface area contributed by atoms with Gasteiger partial charge in [-0.2, -0.15) is 13.2 Å². The van der Waals surface area contributed by atoms with E-state index in [0.29, 0.717) is 6.07 Å². The Hall–Kier alpha value is -2.16. The molecule has 20 heavy (non-hydrogen) atoms. The van der Waals surface area contributed by atoms with Crippen molar-refractivity contribution in [3.05, 3.63) is 29.1 Å². The lowest BCUT2D eigenvalue weighted by molar-refractivity contribution is -0.189. The minimum Gasteiger partial charge on any atom is -0.419 e. The molecule has 0 aromatic heterocycles. The van der Waals surface area contributed by atoms with E-state index in [-0.39, 0.29) is 11.1 Å². The Kier molecular flexibility index (Phi) is 4.66. The van der Waals surface area contributed by atoms with Crippen molar-refractivity contribution in [2.24, 2.45) is 5.73 Å². The number of benzene rings is 1. The third-order valence-corrected chi connectivity index (χ3v) is 2.28. The zero-order valence-electron chi connectivity index (χ0n) is 10.2. The fraction of sp³-hybridized carbons (Fsp3) is 0.273. The quantitative estimate of drug-likeness (QED) is 0.497. The van der Waals surface area contributed by atoms with Crippen molar-refractivity contribution < 1.29 is 31.9 Å². The Bertz CT molecular complexity index is 543. The molecule has 0 spiro atoms. The number of rotatable bonds is 3. The Morgan fingerprint density at radius 2 is 1.95 bits per heavy atom. The molecule has 0 aliphatic heterocycles. The van der Waals surface area contributed by atoms with Crippen LogP contribution in [0.15, 0.2) is 12.1 Å². The van der Waals surface area contributed by atoms with Gasteiger partial charge in [-0.3, -0.25) is 4.79 Å². The van der Waals surface area contributed by atoms with Gasteiger partial charge < -0.3 is 15.8 Å². The van der Waals surface area contributed by atoms with Crippen LogP contribution in [0.25, 0.3) is 0 Å². The predicted molar refractivity (Wildman–Crippen MR) is 59.4 cm³/mol. The Morgan fingerprint density at radius 1 is 1.35 bits per heavy atom. The Labute approximate surface area is 110 Å². The number of halogens is 4. The highest BCUT2D eigenvalue weighted by Crippen LogP contribution is 2.27. The van der Waals surface area contributed by atoms with Gasteiger partial charge in [-0.15, -0.1) is 0 Å². The van der Waals surface area contributed by atoms with Gasteiger partial charge in [-0.05, 0) is 6.07 Å². The highest BCUT2D eigenvalue weighted by atomic mass is 19.4. The molecule has 5 nitrogen and oxygen atoms in total. The second kappa shape index (κ2) is 5.87. The largest absolute Gasteiger partial charge is 0.491 e. The van der Waals surface area contributed by atoms with Gasteiger partial charge in [0.15, 0.2) is 0 Å². The third kappa shape index (κ3) is 3.44. The number of ether oxygens (including phenoxy) is 1. The van der Waals surface area contributed by atoms with E-state index in [2.05, 4.69) is 10.1 Å². The summed E-state index contributed by atoms with van der Waals surface area (Å²) in [6.45, 7) is -0.413. The first-order chi connectivity index (χ1) is 9.20. The lowest BCUT2D eigenvalue weighted by atomic mass is 10.1. The van der Waals surface area contributed by atoms with Crippen LogP contribution in [0.1, 0.15) is 15.9 Å². The number of amides is 1. The van der Waals surface area contributed by atoms with Crippen LogP contribution >= 0.6 is 0 Å². The summed E-state index contributed by atoms with van der Waals surface area (Å²) in [5.74, 6) is -5.07. The average molecular weight is 294 g/mol. The minimum atomic E-state index is -5.24. The van der Waals surface area contributed by atoms with Gasteiger partial charge in [0, 0.05) is 25.2 Å². The molecule has 0 saturated heterocycles. The summed E-state index contributed by atoms with van der Waals surface area (Å²) in [7, 11) is 1.24. The summed E-state index contributed by atoms with van der Waals surface area (Å²) < 4.78 is 53.7. The number of carbonyl (C=O) groups is 2. The van der Waals surface area contributed by atoms with Gasteiger partial charge in [-0.25, -0.2) is 9.18 Å². The molecule has 0 unspecified atom stereocenters. The number of nitrogens with one attached hydrogen (secondary N) is 1. The molecule has 3 N–H and O–H groups in total. The van der Waals surface area contributed by atoms with Crippen LogP contribution < -0.4 is 15.8 Å². The molecule has 1 amide bonds. The second-order valence-electron chi connectivity index (χ2n) is 3.60. The van der Waals surface area contributed by atoms with Gasteiger partial charge in [0.05, 0.1) is 5.56 Å². The lowest BCUT2D eigenvalue weighted by Gasteiger charge is -2.13. The summed E-state index contributed by atoms with van der Waals surface area (Å²) in [6, 6.07) is 1.34. The number of esters is 1. The number of carbonyl (C=O) groups excluding carboxylic acids is 2. The highest BCUT2D eigenvalue weighted by Gasteiger charge is 2.41. The molecule has 1 rings (SSSR count). The van der Waals surface area contributed by atoms with E-state index >= 15 is 0 Å². The van der Waals surface area contributed by atoms with Gasteiger partial charge >= 0.3 is 12.1 Å². The van der Waals surface area contributed by atoms with E-state index in [1.807, 2.05) is 0 Å². The molecule has 0 aliphatic rings. The maximum absolute atomic E-state index is 13.3. The highest BCUT2D eigenvalue weighted by molar-refractivity contribution is 5.96. The van der Waals surface area contributed by atoms with E-state index in [1.165, 1.54) is 7.05 Å². The molecular weight excluding hydrogens is 284 g/mol. The number of nitrogens with two attached hydrogens (primary N) is 1. The van der Waals surface area contributed by atoms with Crippen molar-refractivity contribution in [1.82, 2.24) is 5.32 Å². The molecule has 1 aromatic carbocycles. The van der Waals surface area contributed by atoms with Gasteiger partial charge in [0.1, 0.15) is 11.6 Å². The van der Waals surface area contributed by atoms with Gasteiger partial charge in [-0.1, -0.05) is 0 Å². The van der Waals surface area contributed by atoms with Crippen LogP contribution in [0.5, 0.6) is 5.75 Å². The first-order valence-electron chi connectivity index (χ1n) is 5.24. The van der Waals surface area contributed by atoms with Gasteiger partial charge in [0.2, 0.25) is 0 Å². The molecule has 110 valence electrons. The van der Waals surface area contributed by atoms with Crippen molar-refractivity contribution in [1.29, 1.82) is 0 Å². The number of hydrogen-bond donors (Lipinski definition) is 2. The SMILES string of the molecule is CNC(=O)c1cc(F)cc(OC(=O)C(F)(F)F)c1CN. The topological polar surface area (TPSA) is 81.4 Å². The molecule has 1 aromatic rings. The fourth-order valence-electron chi connectivity index (χ4n) is 1.41. The maximum Gasteiger partial charge on any atom is 0.491 e.